The van der Waals surface area contributed by atoms with E-state index >= 15 is 0 Å². The average molecular weight is 466 g/mol. The predicted octanol–water partition coefficient (Wildman–Crippen LogP) is -5.01. The van der Waals surface area contributed by atoms with Crippen LogP contribution in [0, 0.1) is 0 Å². The lowest BCUT2D eigenvalue weighted by Gasteiger charge is -2.49. The molecule has 8 unspecified atom stereocenters. The largest absolute Gasteiger partial charge is 0.390 e. The molecule has 1 saturated carbocycles. The summed E-state index contributed by atoms with van der Waals surface area (Å²) in [6.45, 7) is 1.67. The minimum Gasteiger partial charge on any atom is -0.390 e. The van der Waals surface area contributed by atoms with Crippen LogP contribution >= 0.6 is 0 Å². The molecule has 0 aromatic rings. The lowest BCUT2D eigenvalue weighted by Crippen LogP contribution is -2.72. The van der Waals surface area contributed by atoms with E-state index in [1.165, 1.54) is 6.92 Å². The van der Waals surface area contributed by atoms with E-state index in [0.29, 0.717) is 19.4 Å². The summed E-state index contributed by atoms with van der Waals surface area (Å²) in [4.78, 5) is 0. The highest BCUT2D eigenvalue weighted by molar-refractivity contribution is 5.06. The van der Waals surface area contributed by atoms with Crippen molar-refractivity contribution < 1.29 is 39.4 Å². The molecule has 13 N–H and O–H groups in total. The Morgan fingerprint density at radius 3 is 2.12 bits per heavy atom. The third kappa shape index (κ3) is 5.10. The normalized spacial score (nSPS) is 52.7. The zero-order chi connectivity index (χ0) is 23.8. The molecule has 188 valence electrons. The van der Waals surface area contributed by atoms with Crippen molar-refractivity contribution in [3.63, 3.8) is 0 Å². The first-order chi connectivity index (χ1) is 15.0. The minimum atomic E-state index is -1.39. The molecule has 13 nitrogen and oxygen atoms in total. The molecule has 3 rings (SSSR count). The summed E-state index contributed by atoms with van der Waals surface area (Å²) >= 11 is 0. The molecule has 0 bridgehead atoms. The number of rotatable bonds is 6. The Hall–Kier alpha value is -0.520. The number of ether oxygens (including phenoxy) is 4. The van der Waals surface area contributed by atoms with Gasteiger partial charge in [0.1, 0.15) is 30.0 Å². The van der Waals surface area contributed by atoms with Gasteiger partial charge in [-0.1, -0.05) is 0 Å². The van der Waals surface area contributed by atoms with E-state index in [-0.39, 0.29) is 12.7 Å². The summed E-state index contributed by atoms with van der Waals surface area (Å²) in [5.74, 6) is 0. The highest BCUT2D eigenvalue weighted by Crippen LogP contribution is 2.31. The van der Waals surface area contributed by atoms with Gasteiger partial charge in [-0.2, -0.15) is 0 Å². The van der Waals surface area contributed by atoms with Crippen LogP contribution in [0.3, 0.4) is 0 Å². The van der Waals surface area contributed by atoms with Crippen LogP contribution in [0.15, 0.2) is 0 Å². The van der Waals surface area contributed by atoms with Crippen LogP contribution in [-0.4, -0.2) is 120 Å². The lowest BCUT2D eigenvalue weighted by atomic mass is 9.81. The molecule has 13 heteroatoms. The Kier molecular flexibility index (Phi) is 8.48. The molecule has 0 spiro atoms. The SMILES string of the molecule is CNC1C(O)[C@@H](O[C@H]2C(N)C(O)[C@H](N)C(O[C@H]3OC(CN)CCC3N)C2O)OC[C@]1(C)O. The van der Waals surface area contributed by atoms with Crippen molar-refractivity contribution in [3.05, 3.63) is 0 Å². The van der Waals surface area contributed by atoms with Crippen molar-refractivity contribution in [2.45, 2.75) is 98.7 Å². The maximum absolute atomic E-state index is 11.0. The zero-order valence-corrected chi connectivity index (χ0v) is 18.5. The topological polar surface area (TPSA) is 234 Å². The zero-order valence-electron chi connectivity index (χ0n) is 18.5. The van der Waals surface area contributed by atoms with Gasteiger partial charge in [-0.15, -0.1) is 0 Å². The second-order valence-corrected chi connectivity index (χ2v) is 9.23. The molecule has 32 heavy (non-hydrogen) atoms. The fourth-order valence-electron chi connectivity index (χ4n) is 4.68. The van der Waals surface area contributed by atoms with Gasteiger partial charge in [0.15, 0.2) is 12.6 Å². The van der Waals surface area contributed by atoms with Gasteiger partial charge in [-0.3, -0.25) is 0 Å². The minimum absolute atomic E-state index is 0.133. The second kappa shape index (κ2) is 10.4. The van der Waals surface area contributed by atoms with Gasteiger partial charge in [0.2, 0.25) is 0 Å². The molecule has 0 aromatic heterocycles. The van der Waals surface area contributed by atoms with E-state index in [0.717, 1.165) is 0 Å². The maximum atomic E-state index is 11.0. The van der Waals surface area contributed by atoms with E-state index in [1.54, 1.807) is 7.05 Å². The average Bonchev–Trinajstić information content (AvgIpc) is 2.75. The van der Waals surface area contributed by atoms with Crippen molar-refractivity contribution >= 4 is 0 Å². The fraction of sp³-hybridized carbons (Fsp3) is 1.00. The number of nitrogens with one attached hydrogen (secondary N) is 1. The third-order valence-electron chi connectivity index (χ3n) is 6.71. The van der Waals surface area contributed by atoms with Gasteiger partial charge >= 0.3 is 0 Å². The third-order valence-corrected chi connectivity index (χ3v) is 6.71. The van der Waals surface area contributed by atoms with Crippen LogP contribution < -0.4 is 28.3 Å². The van der Waals surface area contributed by atoms with Crippen molar-refractivity contribution in [2.24, 2.45) is 22.9 Å². The number of likely N-dealkylation sites (N-methyl/N-ethyl adjacent to an activating group) is 1. The Labute approximate surface area is 187 Å². The Morgan fingerprint density at radius 1 is 0.969 bits per heavy atom. The summed E-state index contributed by atoms with van der Waals surface area (Å²) in [6.07, 6.45) is -7.33. The molecule has 2 aliphatic heterocycles. The monoisotopic (exact) mass is 465 g/mol. The molecular weight excluding hydrogens is 426 g/mol. The molecule has 0 amide bonds. The van der Waals surface area contributed by atoms with Crippen LogP contribution in [0.25, 0.3) is 0 Å². The van der Waals surface area contributed by atoms with Crippen molar-refractivity contribution in [2.75, 3.05) is 20.2 Å². The molecule has 2 saturated heterocycles. The van der Waals surface area contributed by atoms with Gasteiger partial charge in [0.25, 0.3) is 0 Å². The smallest absolute Gasteiger partial charge is 0.185 e. The van der Waals surface area contributed by atoms with Crippen LogP contribution in [0.2, 0.25) is 0 Å². The maximum Gasteiger partial charge on any atom is 0.185 e. The summed E-state index contributed by atoms with van der Waals surface area (Å²) < 4.78 is 23.0. The van der Waals surface area contributed by atoms with E-state index < -0.39 is 72.9 Å². The van der Waals surface area contributed by atoms with Crippen molar-refractivity contribution in [1.82, 2.24) is 5.32 Å². The van der Waals surface area contributed by atoms with Gasteiger partial charge in [-0.05, 0) is 26.8 Å². The van der Waals surface area contributed by atoms with Crippen LogP contribution in [0.1, 0.15) is 19.8 Å². The molecule has 2 heterocycles. The molecule has 3 aliphatic rings. The number of nitrogens with two attached hydrogens (primary N) is 4. The van der Waals surface area contributed by atoms with E-state index in [4.69, 9.17) is 41.9 Å². The van der Waals surface area contributed by atoms with Gasteiger partial charge < -0.3 is 67.6 Å². The van der Waals surface area contributed by atoms with E-state index in [2.05, 4.69) is 5.32 Å². The summed E-state index contributed by atoms with van der Waals surface area (Å²) in [5.41, 5.74) is 22.7. The Bertz CT molecular complexity index is 618. The summed E-state index contributed by atoms with van der Waals surface area (Å²) in [7, 11) is 1.58. The van der Waals surface area contributed by atoms with Gasteiger partial charge in [-0.25, -0.2) is 0 Å². The molecule has 0 aromatic carbocycles. The quantitative estimate of drug-likeness (QED) is 0.179. The number of aliphatic hydroxyl groups excluding tert-OH is 3. The number of aliphatic hydroxyl groups is 4. The molecule has 13 atom stereocenters. The number of hydrogen-bond acceptors (Lipinski definition) is 13. The standard InChI is InChI=1S/C19H39N5O8/c1-19(28)6-29-18(13(27)16(19)24-2)32-15-10(23)11(25)9(22)14(12(15)26)31-17-8(21)4-3-7(5-20)30-17/h7-18,24-28H,3-6,20-23H2,1-2H3/t7?,8?,9-,10?,11?,12?,13?,14?,15-,16?,17+,18+,19-/m0/s1. The molecule has 3 fully saturated rings. The van der Waals surface area contributed by atoms with Crippen LogP contribution in [-0.2, 0) is 18.9 Å². The second-order valence-electron chi connectivity index (χ2n) is 9.23. The molecular formula is C19H39N5O8. The van der Waals surface area contributed by atoms with Crippen LogP contribution in [0.5, 0.6) is 0 Å². The number of hydrogen-bond donors (Lipinski definition) is 9. The first kappa shape index (κ1) is 26.1. The Balaban J connectivity index is 1.73. The summed E-state index contributed by atoms with van der Waals surface area (Å²) in [5, 5.41) is 45.5. The molecule has 0 radical (unpaired) electrons. The predicted molar refractivity (Wildman–Crippen MR) is 112 cm³/mol. The Morgan fingerprint density at radius 2 is 1.56 bits per heavy atom. The first-order valence-electron chi connectivity index (χ1n) is 11.0. The van der Waals surface area contributed by atoms with Crippen molar-refractivity contribution in [1.29, 1.82) is 0 Å². The van der Waals surface area contributed by atoms with E-state index in [1.807, 2.05) is 0 Å². The lowest BCUT2D eigenvalue weighted by molar-refractivity contribution is -0.312. The van der Waals surface area contributed by atoms with Gasteiger partial charge in [0.05, 0.1) is 43.0 Å². The fourth-order valence-corrected chi connectivity index (χ4v) is 4.68. The van der Waals surface area contributed by atoms with Crippen molar-refractivity contribution in [3.8, 4) is 0 Å². The van der Waals surface area contributed by atoms with Crippen LogP contribution in [0.4, 0.5) is 0 Å². The molecule has 1 aliphatic carbocycles. The summed E-state index contributed by atoms with van der Waals surface area (Å²) in [6, 6.07) is -3.37. The van der Waals surface area contributed by atoms with Gasteiger partial charge in [0, 0.05) is 6.54 Å². The highest BCUT2D eigenvalue weighted by Gasteiger charge is 2.53. The first-order valence-corrected chi connectivity index (χ1v) is 11.0. The highest BCUT2D eigenvalue weighted by atomic mass is 16.7. The van der Waals surface area contributed by atoms with E-state index in [9.17, 15) is 20.4 Å².